The van der Waals surface area contributed by atoms with Crippen molar-refractivity contribution < 1.29 is 19.7 Å². The van der Waals surface area contributed by atoms with Gasteiger partial charge in [-0.15, -0.1) is 0 Å². The monoisotopic (exact) mass is 430 g/mol. The number of rotatable bonds is 4. The van der Waals surface area contributed by atoms with Crippen LogP contribution in [0.15, 0.2) is 11.3 Å². The molecule has 4 fully saturated rings. The average molecular weight is 431 g/mol. The molecule has 0 spiro atoms. The van der Waals surface area contributed by atoms with E-state index in [4.69, 9.17) is 4.74 Å². The molecule has 4 heteroatoms. The van der Waals surface area contributed by atoms with Crippen molar-refractivity contribution in [1.29, 1.82) is 0 Å². The van der Waals surface area contributed by atoms with Crippen LogP contribution in [0.3, 0.4) is 0 Å². The number of carbonyl (C=O) groups is 1. The van der Waals surface area contributed by atoms with Gasteiger partial charge in [0, 0.05) is 30.8 Å². The number of aliphatic hydroxyl groups is 2. The van der Waals surface area contributed by atoms with E-state index < -0.39 is 0 Å². The van der Waals surface area contributed by atoms with E-state index in [2.05, 4.69) is 27.7 Å². The van der Waals surface area contributed by atoms with E-state index in [0.717, 1.165) is 50.7 Å². The van der Waals surface area contributed by atoms with Gasteiger partial charge in [0.2, 0.25) is 0 Å². The SMILES string of the molecule is CC1=C(CC[C@@H](C)CO)O[C@H]2C[C@H]3[C@@H]4CC[C@@H]5C[C@H](O)CC[C@]5(C)[C@H]4CC(=O)[C@]3(C)[C@@H]12. The van der Waals surface area contributed by atoms with Crippen molar-refractivity contribution in [3.8, 4) is 0 Å². The number of ether oxygens (including phenoxy) is 1. The van der Waals surface area contributed by atoms with Crippen molar-refractivity contribution in [2.24, 2.45) is 46.3 Å². The zero-order chi connectivity index (χ0) is 22.1. The summed E-state index contributed by atoms with van der Waals surface area (Å²) >= 11 is 0. The Morgan fingerprint density at radius 2 is 1.94 bits per heavy atom. The zero-order valence-corrected chi connectivity index (χ0v) is 19.9. The van der Waals surface area contributed by atoms with E-state index in [1.165, 1.54) is 18.4 Å². The summed E-state index contributed by atoms with van der Waals surface area (Å²) in [4.78, 5) is 13.9. The van der Waals surface area contributed by atoms with Gasteiger partial charge in [-0.25, -0.2) is 0 Å². The van der Waals surface area contributed by atoms with E-state index in [1.54, 1.807) is 0 Å². The maximum absolute atomic E-state index is 13.9. The first-order valence-electron chi connectivity index (χ1n) is 12.9. The molecule has 0 bridgehead atoms. The number of fused-ring (bicyclic) bond motifs is 7. The summed E-state index contributed by atoms with van der Waals surface area (Å²) in [7, 11) is 0. The minimum atomic E-state index is -0.280. The predicted molar refractivity (Wildman–Crippen MR) is 120 cm³/mol. The van der Waals surface area contributed by atoms with Gasteiger partial charge in [-0.05, 0) is 92.4 Å². The highest BCUT2D eigenvalue weighted by Crippen LogP contribution is 2.68. The molecule has 0 aromatic heterocycles. The minimum absolute atomic E-state index is 0.141. The topological polar surface area (TPSA) is 66.8 Å². The highest BCUT2D eigenvalue weighted by atomic mass is 16.5. The molecular weight excluding hydrogens is 388 g/mol. The molecule has 1 aliphatic heterocycles. The molecule has 0 unspecified atom stereocenters. The summed E-state index contributed by atoms with van der Waals surface area (Å²) in [5.41, 5.74) is 1.25. The number of hydrogen-bond donors (Lipinski definition) is 2. The van der Waals surface area contributed by atoms with E-state index in [-0.39, 0.29) is 41.5 Å². The third-order valence-corrected chi connectivity index (χ3v) is 10.9. The first-order valence-corrected chi connectivity index (χ1v) is 12.9. The van der Waals surface area contributed by atoms with Crippen molar-refractivity contribution >= 4 is 5.78 Å². The second-order valence-corrected chi connectivity index (χ2v) is 12.3. The van der Waals surface area contributed by atoms with Crippen LogP contribution in [-0.4, -0.2) is 34.8 Å². The Morgan fingerprint density at radius 3 is 2.68 bits per heavy atom. The number of hydrogen-bond acceptors (Lipinski definition) is 4. The fourth-order valence-corrected chi connectivity index (χ4v) is 8.97. The number of Topliss-reactive ketones (excluding diaryl/α,β-unsaturated/α-hetero) is 1. The molecule has 0 aromatic carbocycles. The van der Waals surface area contributed by atoms with E-state index in [0.29, 0.717) is 29.5 Å². The first kappa shape index (κ1) is 21.9. The maximum atomic E-state index is 13.9. The number of carbonyl (C=O) groups excluding carboxylic acids is 1. The van der Waals surface area contributed by atoms with Crippen LogP contribution in [0.2, 0.25) is 0 Å². The minimum Gasteiger partial charge on any atom is -0.494 e. The molecule has 0 saturated heterocycles. The first-order chi connectivity index (χ1) is 14.7. The Labute approximate surface area is 187 Å². The fraction of sp³-hybridized carbons (Fsp3) is 0.889. The summed E-state index contributed by atoms with van der Waals surface area (Å²) in [6.07, 6.45) is 8.93. The molecule has 10 atom stereocenters. The second-order valence-electron chi connectivity index (χ2n) is 12.3. The van der Waals surface area contributed by atoms with Crippen LogP contribution in [0.5, 0.6) is 0 Å². The van der Waals surface area contributed by atoms with Crippen LogP contribution >= 0.6 is 0 Å². The molecular formula is C27H42O4. The van der Waals surface area contributed by atoms with Crippen LogP contribution < -0.4 is 0 Å². The van der Waals surface area contributed by atoms with E-state index in [1.807, 2.05) is 0 Å². The van der Waals surface area contributed by atoms with Gasteiger partial charge in [-0.3, -0.25) is 4.79 Å². The Bertz CT molecular complexity index is 773. The third-order valence-electron chi connectivity index (χ3n) is 10.9. The Hall–Kier alpha value is -0.870. The second kappa shape index (κ2) is 7.58. The van der Waals surface area contributed by atoms with Gasteiger partial charge in [0.15, 0.2) is 0 Å². The lowest BCUT2D eigenvalue weighted by Crippen LogP contribution is -2.57. The van der Waals surface area contributed by atoms with E-state index >= 15 is 0 Å². The summed E-state index contributed by atoms with van der Waals surface area (Å²) in [6, 6.07) is 0. The van der Waals surface area contributed by atoms with Gasteiger partial charge in [0.1, 0.15) is 11.9 Å². The average Bonchev–Trinajstić information content (AvgIpc) is 3.22. The summed E-state index contributed by atoms with van der Waals surface area (Å²) in [5.74, 6) is 4.23. The van der Waals surface area contributed by atoms with Crippen LogP contribution in [0.25, 0.3) is 0 Å². The maximum Gasteiger partial charge on any atom is 0.140 e. The van der Waals surface area contributed by atoms with Gasteiger partial charge in [-0.1, -0.05) is 20.8 Å². The van der Waals surface area contributed by atoms with Crippen LogP contribution in [-0.2, 0) is 9.53 Å². The van der Waals surface area contributed by atoms with Crippen molar-refractivity contribution in [2.75, 3.05) is 6.61 Å². The predicted octanol–water partition coefficient (Wildman–Crippen LogP) is 4.88. The molecule has 4 aliphatic carbocycles. The standard InChI is InChI=1S/C27H42O4/c1-15(14-28)5-8-22-16(2)25-23(31-22)12-21-19-7-6-17-11-18(29)9-10-26(17,3)20(19)13-24(30)27(21,25)4/h15,17-21,23,25,28-29H,5-14H2,1-4H3/t15-,17-,18-,19-,20+,21+,23+,25+,26+,27-/m1/s1. The Kier molecular flexibility index (Phi) is 5.37. The van der Waals surface area contributed by atoms with Crippen molar-refractivity contribution in [3.05, 3.63) is 11.3 Å². The Morgan fingerprint density at radius 1 is 1.16 bits per heavy atom. The van der Waals surface area contributed by atoms with Gasteiger partial charge in [0.25, 0.3) is 0 Å². The molecule has 2 N–H and O–H groups in total. The van der Waals surface area contributed by atoms with E-state index in [9.17, 15) is 15.0 Å². The molecule has 4 saturated carbocycles. The van der Waals surface area contributed by atoms with Crippen molar-refractivity contribution in [3.63, 3.8) is 0 Å². The Balaban J connectivity index is 1.41. The quantitative estimate of drug-likeness (QED) is 0.667. The summed E-state index contributed by atoms with van der Waals surface area (Å²) < 4.78 is 6.54. The van der Waals surface area contributed by atoms with Crippen LogP contribution in [0.1, 0.15) is 85.5 Å². The molecule has 5 aliphatic rings. The smallest absolute Gasteiger partial charge is 0.140 e. The van der Waals surface area contributed by atoms with Gasteiger partial charge >= 0.3 is 0 Å². The van der Waals surface area contributed by atoms with Gasteiger partial charge < -0.3 is 14.9 Å². The summed E-state index contributed by atoms with van der Waals surface area (Å²) in [6.45, 7) is 9.21. The zero-order valence-electron chi connectivity index (χ0n) is 19.9. The third kappa shape index (κ3) is 3.10. The molecule has 0 radical (unpaired) electrons. The summed E-state index contributed by atoms with van der Waals surface area (Å²) in [5, 5.41) is 19.6. The van der Waals surface area contributed by atoms with Gasteiger partial charge in [0.05, 0.1) is 11.9 Å². The lowest BCUT2D eigenvalue weighted by Gasteiger charge is -2.60. The molecule has 0 aromatic rings. The van der Waals surface area contributed by atoms with Crippen molar-refractivity contribution in [2.45, 2.75) is 97.7 Å². The highest BCUT2D eigenvalue weighted by Gasteiger charge is 2.67. The van der Waals surface area contributed by atoms with Crippen LogP contribution in [0.4, 0.5) is 0 Å². The lowest BCUT2D eigenvalue weighted by molar-refractivity contribution is -0.158. The lowest BCUT2D eigenvalue weighted by atomic mass is 9.44. The molecule has 174 valence electrons. The van der Waals surface area contributed by atoms with Crippen molar-refractivity contribution in [1.82, 2.24) is 0 Å². The number of ketones is 1. The number of aliphatic hydroxyl groups excluding tert-OH is 2. The highest BCUT2D eigenvalue weighted by molar-refractivity contribution is 5.87. The largest absolute Gasteiger partial charge is 0.494 e. The molecule has 4 nitrogen and oxygen atoms in total. The van der Waals surface area contributed by atoms with Crippen LogP contribution in [0, 0.1) is 46.3 Å². The fourth-order valence-electron chi connectivity index (χ4n) is 8.97. The molecule has 0 amide bonds. The molecule has 1 heterocycles. The van der Waals surface area contributed by atoms with Gasteiger partial charge in [-0.2, -0.15) is 0 Å². The molecule has 5 rings (SSSR count). The number of allylic oxidation sites excluding steroid dienone is 1. The molecule has 31 heavy (non-hydrogen) atoms. The normalized spacial score (nSPS) is 49.7.